The van der Waals surface area contributed by atoms with Crippen molar-refractivity contribution in [1.82, 2.24) is 4.90 Å². The Morgan fingerprint density at radius 2 is 1.90 bits per heavy atom. The summed E-state index contributed by atoms with van der Waals surface area (Å²) in [6.07, 6.45) is 0.723. The van der Waals surface area contributed by atoms with Crippen LogP contribution in [0, 0.1) is 0 Å². The van der Waals surface area contributed by atoms with E-state index in [1.807, 2.05) is 24.3 Å². The molecular formula is C15H21NO4. The molecular weight excluding hydrogens is 258 g/mol. The highest BCUT2D eigenvalue weighted by Gasteiger charge is 2.35. The molecule has 0 spiro atoms. The molecule has 1 aliphatic rings. The van der Waals surface area contributed by atoms with Gasteiger partial charge in [0.05, 0.1) is 19.3 Å². The van der Waals surface area contributed by atoms with E-state index in [-0.39, 0.29) is 6.09 Å². The first-order chi connectivity index (χ1) is 9.59. The summed E-state index contributed by atoms with van der Waals surface area (Å²) in [5, 5.41) is 10.7. The van der Waals surface area contributed by atoms with Crippen LogP contribution >= 0.6 is 0 Å². The van der Waals surface area contributed by atoms with Gasteiger partial charge in [0.25, 0.3) is 0 Å². The Kier molecular flexibility index (Phi) is 4.49. The number of hydrogen-bond donors (Lipinski definition) is 1. The monoisotopic (exact) mass is 279 g/mol. The van der Waals surface area contributed by atoms with Crippen LogP contribution < -0.4 is 4.74 Å². The summed E-state index contributed by atoms with van der Waals surface area (Å²) in [5.41, 5.74) is -0.0169. The van der Waals surface area contributed by atoms with Gasteiger partial charge in [-0.2, -0.15) is 0 Å². The van der Waals surface area contributed by atoms with Crippen LogP contribution in [0.15, 0.2) is 24.3 Å². The third-order valence-corrected chi connectivity index (χ3v) is 3.74. The molecule has 1 heterocycles. The molecule has 0 aliphatic carbocycles. The number of carbonyl (C=O) groups excluding carboxylic acids is 1. The normalized spacial score (nSPS) is 17.6. The molecule has 0 bridgehead atoms. The van der Waals surface area contributed by atoms with Gasteiger partial charge in [-0.1, -0.05) is 12.1 Å². The fraction of sp³-hybridized carbons (Fsp3) is 0.533. The highest BCUT2D eigenvalue weighted by Crippen LogP contribution is 2.33. The smallest absolute Gasteiger partial charge is 0.409 e. The summed E-state index contributed by atoms with van der Waals surface area (Å²) in [6.45, 7) is 3.16. The number of nitrogens with zero attached hydrogens (tertiary/aromatic N) is 1. The minimum atomic E-state index is -0.880. The third-order valence-electron chi connectivity index (χ3n) is 3.74. The van der Waals surface area contributed by atoms with Crippen LogP contribution in [0.25, 0.3) is 0 Å². The summed E-state index contributed by atoms with van der Waals surface area (Å²) >= 11 is 0. The van der Waals surface area contributed by atoms with E-state index in [1.54, 1.807) is 18.9 Å². The second-order valence-electron chi connectivity index (χ2n) is 4.95. The molecule has 0 radical (unpaired) electrons. The number of likely N-dealkylation sites (tertiary alicyclic amines) is 1. The van der Waals surface area contributed by atoms with Crippen molar-refractivity contribution in [2.75, 3.05) is 26.8 Å². The molecule has 0 aromatic heterocycles. The molecule has 1 aliphatic heterocycles. The minimum Gasteiger partial charge on any atom is -0.497 e. The average molecular weight is 279 g/mol. The van der Waals surface area contributed by atoms with Crippen molar-refractivity contribution >= 4 is 6.09 Å². The number of amides is 1. The summed E-state index contributed by atoms with van der Waals surface area (Å²) in [6, 6.07) is 7.42. The summed E-state index contributed by atoms with van der Waals surface area (Å²) in [7, 11) is 1.61. The van der Waals surface area contributed by atoms with Crippen molar-refractivity contribution in [3.8, 4) is 5.75 Å². The predicted molar refractivity (Wildman–Crippen MR) is 74.7 cm³/mol. The second-order valence-corrected chi connectivity index (χ2v) is 4.95. The number of hydrogen-bond acceptors (Lipinski definition) is 4. The lowest BCUT2D eigenvalue weighted by molar-refractivity contribution is -0.0244. The van der Waals surface area contributed by atoms with Crippen LogP contribution in [0.1, 0.15) is 25.3 Å². The van der Waals surface area contributed by atoms with Crippen molar-refractivity contribution in [1.29, 1.82) is 0 Å². The van der Waals surface area contributed by atoms with Gasteiger partial charge in [-0.25, -0.2) is 4.79 Å². The second kappa shape index (κ2) is 6.13. The molecule has 0 unspecified atom stereocenters. The first-order valence-corrected chi connectivity index (χ1v) is 6.87. The fourth-order valence-electron chi connectivity index (χ4n) is 2.46. The van der Waals surface area contributed by atoms with Gasteiger partial charge in [0, 0.05) is 13.1 Å². The average Bonchev–Trinajstić information content (AvgIpc) is 2.48. The van der Waals surface area contributed by atoms with E-state index in [2.05, 4.69) is 0 Å². The molecule has 1 fully saturated rings. The van der Waals surface area contributed by atoms with E-state index < -0.39 is 5.60 Å². The van der Waals surface area contributed by atoms with Crippen molar-refractivity contribution in [3.05, 3.63) is 29.8 Å². The number of methoxy groups -OCH3 is 1. The van der Waals surface area contributed by atoms with Gasteiger partial charge >= 0.3 is 6.09 Å². The molecule has 1 aromatic rings. The first-order valence-electron chi connectivity index (χ1n) is 6.87. The number of aliphatic hydroxyl groups is 1. The Labute approximate surface area is 119 Å². The van der Waals surface area contributed by atoms with Gasteiger partial charge in [0.15, 0.2) is 0 Å². The Bertz CT molecular complexity index is 449. The van der Waals surface area contributed by atoms with E-state index in [1.165, 1.54) is 0 Å². The van der Waals surface area contributed by atoms with Crippen LogP contribution in [0.2, 0.25) is 0 Å². The lowest BCUT2D eigenvalue weighted by atomic mass is 9.84. The molecule has 0 atom stereocenters. The molecule has 1 amide bonds. The molecule has 1 saturated heterocycles. The Morgan fingerprint density at radius 1 is 1.30 bits per heavy atom. The van der Waals surface area contributed by atoms with Crippen LogP contribution in [0.3, 0.4) is 0 Å². The maximum atomic E-state index is 11.6. The Hall–Kier alpha value is -1.75. The lowest BCUT2D eigenvalue weighted by Crippen LogP contribution is -2.45. The van der Waals surface area contributed by atoms with Gasteiger partial charge in [-0.15, -0.1) is 0 Å². The lowest BCUT2D eigenvalue weighted by Gasteiger charge is -2.38. The largest absolute Gasteiger partial charge is 0.497 e. The Balaban J connectivity index is 2.01. The zero-order chi connectivity index (χ0) is 14.6. The Morgan fingerprint density at radius 3 is 2.40 bits per heavy atom. The molecule has 5 heteroatoms. The summed E-state index contributed by atoms with van der Waals surface area (Å²) in [4.78, 5) is 13.3. The van der Waals surface area contributed by atoms with Gasteiger partial charge in [-0.3, -0.25) is 0 Å². The van der Waals surface area contributed by atoms with Crippen LogP contribution in [0.4, 0.5) is 4.79 Å². The van der Waals surface area contributed by atoms with E-state index in [0.29, 0.717) is 32.5 Å². The third kappa shape index (κ3) is 3.04. The van der Waals surface area contributed by atoms with Gasteiger partial charge in [0.2, 0.25) is 0 Å². The van der Waals surface area contributed by atoms with Crippen LogP contribution in [0.5, 0.6) is 5.75 Å². The molecule has 110 valence electrons. The molecule has 20 heavy (non-hydrogen) atoms. The van der Waals surface area contributed by atoms with Gasteiger partial charge in [0.1, 0.15) is 5.75 Å². The van der Waals surface area contributed by atoms with Crippen molar-refractivity contribution in [2.24, 2.45) is 0 Å². The van der Waals surface area contributed by atoms with E-state index >= 15 is 0 Å². The molecule has 2 rings (SSSR count). The van der Waals surface area contributed by atoms with E-state index in [9.17, 15) is 9.90 Å². The SMILES string of the molecule is CCOC(=O)N1CCC(O)(c2ccc(OC)cc2)CC1. The molecule has 0 saturated carbocycles. The van der Waals surface area contributed by atoms with Gasteiger partial charge < -0.3 is 19.5 Å². The van der Waals surface area contributed by atoms with Crippen molar-refractivity contribution in [2.45, 2.75) is 25.4 Å². The van der Waals surface area contributed by atoms with E-state index in [0.717, 1.165) is 11.3 Å². The number of ether oxygens (including phenoxy) is 2. The quantitative estimate of drug-likeness (QED) is 0.921. The fourth-order valence-corrected chi connectivity index (χ4v) is 2.46. The topological polar surface area (TPSA) is 59.0 Å². The predicted octanol–water partition coefficient (Wildman–Crippen LogP) is 2.14. The zero-order valence-electron chi connectivity index (χ0n) is 12.0. The molecule has 1 aromatic carbocycles. The van der Waals surface area contributed by atoms with Crippen LogP contribution in [-0.4, -0.2) is 42.9 Å². The van der Waals surface area contributed by atoms with Crippen molar-refractivity contribution < 1.29 is 19.4 Å². The minimum absolute atomic E-state index is 0.302. The number of rotatable bonds is 3. The standard InChI is InChI=1S/C15H21NO4/c1-3-20-14(17)16-10-8-15(18,9-11-16)12-4-6-13(19-2)7-5-12/h4-7,18H,3,8-11H2,1-2H3. The number of carbonyl (C=O) groups is 1. The zero-order valence-corrected chi connectivity index (χ0v) is 12.0. The number of benzene rings is 1. The first kappa shape index (κ1) is 14.7. The van der Waals surface area contributed by atoms with Crippen LogP contribution in [-0.2, 0) is 10.3 Å². The summed E-state index contributed by atoms with van der Waals surface area (Å²) in [5.74, 6) is 0.765. The highest BCUT2D eigenvalue weighted by molar-refractivity contribution is 5.67. The summed E-state index contributed by atoms with van der Waals surface area (Å²) < 4.78 is 10.1. The maximum absolute atomic E-state index is 11.6. The highest BCUT2D eigenvalue weighted by atomic mass is 16.6. The van der Waals surface area contributed by atoms with E-state index in [4.69, 9.17) is 9.47 Å². The molecule has 1 N–H and O–H groups in total. The van der Waals surface area contributed by atoms with Gasteiger partial charge in [-0.05, 0) is 37.5 Å². The molecule has 5 nitrogen and oxygen atoms in total. The maximum Gasteiger partial charge on any atom is 0.409 e. The van der Waals surface area contributed by atoms with Crippen molar-refractivity contribution in [3.63, 3.8) is 0 Å². The number of piperidine rings is 1.